The quantitative estimate of drug-likeness (QED) is 0.471. The third-order valence-electron chi connectivity index (χ3n) is 5.18. The van der Waals surface area contributed by atoms with E-state index in [1.165, 1.54) is 28.0 Å². The van der Waals surface area contributed by atoms with Crippen molar-refractivity contribution in [2.24, 2.45) is 4.99 Å². The van der Waals surface area contributed by atoms with Crippen molar-refractivity contribution in [1.82, 2.24) is 4.57 Å². The number of rotatable bonds is 5. The minimum atomic E-state index is -0.785. The van der Waals surface area contributed by atoms with Gasteiger partial charge in [-0.25, -0.2) is 14.2 Å². The summed E-state index contributed by atoms with van der Waals surface area (Å²) in [7, 11) is 1.56. The number of carbonyl (C=O) groups is 1. The van der Waals surface area contributed by atoms with Crippen molar-refractivity contribution in [1.29, 1.82) is 0 Å². The molecule has 0 spiro atoms. The first-order valence-corrected chi connectivity index (χ1v) is 11.7. The molecular weight excluding hydrogens is 511 g/mol. The molecule has 1 atom stereocenters. The molecular formula is C24H20BrFN2O4S. The van der Waals surface area contributed by atoms with E-state index in [1.54, 1.807) is 45.2 Å². The van der Waals surface area contributed by atoms with Gasteiger partial charge in [-0.15, -0.1) is 0 Å². The fourth-order valence-electron chi connectivity index (χ4n) is 3.71. The van der Waals surface area contributed by atoms with Crippen molar-refractivity contribution in [2.45, 2.75) is 19.9 Å². The molecule has 0 N–H and O–H groups in total. The second-order valence-electron chi connectivity index (χ2n) is 7.24. The van der Waals surface area contributed by atoms with Crippen LogP contribution in [0.1, 0.15) is 31.0 Å². The van der Waals surface area contributed by atoms with Crippen LogP contribution in [0.3, 0.4) is 0 Å². The Hall–Kier alpha value is -3.04. The van der Waals surface area contributed by atoms with Crippen LogP contribution in [0.5, 0.6) is 5.75 Å². The summed E-state index contributed by atoms with van der Waals surface area (Å²) in [5.41, 5.74) is 1.70. The smallest absolute Gasteiger partial charge is 0.338 e. The minimum absolute atomic E-state index is 0.179. The average Bonchev–Trinajstić information content (AvgIpc) is 3.08. The van der Waals surface area contributed by atoms with Gasteiger partial charge in [-0.2, -0.15) is 0 Å². The summed E-state index contributed by atoms with van der Waals surface area (Å²) in [6.45, 7) is 3.59. The molecule has 9 heteroatoms. The van der Waals surface area contributed by atoms with E-state index in [2.05, 4.69) is 20.9 Å². The van der Waals surface area contributed by atoms with Gasteiger partial charge < -0.3 is 9.47 Å². The standard InChI is InChI=1S/C24H20BrFN2O4S/c1-4-32-23(30)20-13(2)27-24-28(21(20)14-5-8-17(26)9-6-14)22(29)19(33-24)12-15-11-16(25)7-10-18(15)31-3/h5-12,21H,4H2,1-3H3/b19-12-/t21-/m1/s1. The van der Waals surface area contributed by atoms with Gasteiger partial charge in [0, 0.05) is 10.0 Å². The summed E-state index contributed by atoms with van der Waals surface area (Å²) in [6, 6.07) is 10.4. The Morgan fingerprint density at radius 3 is 2.67 bits per heavy atom. The van der Waals surface area contributed by atoms with E-state index < -0.39 is 17.8 Å². The summed E-state index contributed by atoms with van der Waals surface area (Å²) >= 11 is 4.66. The predicted molar refractivity (Wildman–Crippen MR) is 127 cm³/mol. The number of hydrogen-bond donors (Lipinski definition) is 0. The van der Waals surface area contributed by atoms with E-state index in [1.807, 2.05) is 12.1 Å². The molecule has 0 aliphatic carbocycles. The highest BCUT2D eigenvalue weighted by Gasteiger charge is 2.33. The normalized spacial score (nSPS) is 15.8. The third-order valence-corrected chi connectivity index (χ3v) is 6.66. The first kappa shape index (κ1) is 23.1. The van der Waals surface area contributed by atoms with Gasteiger partial charge in [-0.1, -0.05) is 39.4 Å². The molecule has 3 aromatic rings. The van der Waals surface area contributed by atoms with E-state index >= 15 is 0 Å². The van der Waals surface area contributed by atoms with Crippen molar-refractivity contribution in [3.63, 3.8) is 0 Å². The molecule has 0 radical (unpaired) electrons. The van der Waals surface area contributed by atoms with Gasteiger partial charge in [0.25, 0.3) is 5.56 Å². The molecule has 170 valence electrons. The molecule has 6 nitrogen and oxygen atoms in total. The highest BCUT2D eigenvalue weighted by molar-refractivity contribution is 9.10. The molecule has 0 unspecified atom stereocenters. The zero-order chi connectivity index (χ0) is 23.7. The van der Waals surface area contributed by atoms with Crippen molar-refractivity contribution in [3.8, 4) is 5.75 Å². The number of esters is 1. The van der Waals surface area contributed by atoms with Gasteiger partial charge in [0.2, 0.25) is 0 Å². The number of fused-ring (bicyclic) bond motifs is 1. The highest BCUT2D eigenvalue weighted by Crippen LogP contribution is 2.31. The van der Waals surface area contributed by atoms with Crippen LogP contribution in [0.25, 0.3) is 6.08 Å². The number of allylic oxidation sites excluding steroid dienone is 1. The molecule has 1 aliphatic rings. The van der Waals surface area contributed by atoms with Gasteiger partial charge in [-0.3, -0.25) is 9.36 Å². The molecule has 1 aromatic heterocycles. The largest absolute Gasteiger partial charge is 0.496 e. The Kier molecular flexibility index (Phi) is 6.62. The second kappa shape index (κ2) is 9.44. The SMILES string of the molecule is CCOC(=O)C1=C(C)N=c2s/c(=C\c3cc(Br)ccc3OC)c(=O)n2[C@@H]1c1ccc(F)cc1. The summed E-state index contributed by atoms with van der Waals surface area (Å²) < 4.78 is 27.0. The molecule has 0 bridgehead atoms. The molecule has 2 heterocycles. The molecule has 0 saturated carbocycles. The number of methoxy groups -OCH3 is 1. The average molecular weight is 531 g/mol. The summed E-state index contributed by atoms with van der Waals surface area (Å²) in [5.74, 6) is -0.357. The Balaban J connectivity index is 1.97. The second-order valence-corrected chi connectivity index (χ2v) is 9.16. The van der Waals surface area contributed by atoms with Crippen molar-refractivity contribution >= 4 is 39.3 Å². The summed E-state index contributed by atoms with van der Waals surface area (Å²) in [5, 5.41) is 0. The lowest BCUT2D eigenvalue weighted by atomic mass is 9.96. The maximum absolute atomic E-state index is 13.6. The van der Waals surface area contributed by atoms with Crippen LogP contribution in [0.2, 0.25) is 0 Å². The topological polar surface area (TPSA) is 69.9 Å². The van der Waals surface area contributed by atoms with E-state index in [9.17, 15) is 14.0 Å². The fourth-order valence-corrected chi connectivity index (χ4v) is 5.13. The molecule has 0 fully saturated rings. The maximum Gasteiger partial charge on any atom is 0.338 e. The highest BCUT2D eigenvalue weighted by atomic mass is 79.9. The summed E-state index contributed by atoms with van der Waals surface area (Å²) in [6.07, 6.45) is 1.73. The third kappa shape index (κ3) is 4.43. The minimum Gasteiger partial charge on any atom is -0.496 e. The van der Waals surface area contributed by atoms with E-state index in [4.69, 9.17) is 9.47 Å². The van der Waals surface area contributed by atoms with E-state index in [-0.39, 0.29) is 17.7 Å². The molecule has 4 rings (SSSR count). The Bertz CT molecular complexity index is 1440. The van der Waals surface area contributed by atoms with Crippen LogP contribution < -0.4 is 19.6 Å². The number of hydrogen-bond acceptors (Lipinski definition) is 6. The van der Waals surface area contributed by atoms with Crippen LogP contribution in [0.15, 0.2) is 68.0 Å². The molecule has 1 aliphatic heterocycles. The molecule has 2 aromatic carbocycles. The predicted octanol–water partition coefficient (Wildman–Crippen LogP) is 3.71. The number of thiazole rings is 1. The lowest BCUT2D eigenvalue weighted by Crippen LogP contribution is -2.39. The van der Waals surface area contributed by atoms with Crippen LogP contribution in [-0.2, 0) is 9.53 Å². The van der Waals surface area contributed by atoms with Crippen molar-refractivity contribution in [3.05, 3.63) is 94.8 Å². The lowest BCUT2D eigenvalue weighted by molar-refractivity contribution is -0.139. The number of aromatic nitrogens is 1. The number of halogens is 2. The number of carbonyl (C=O) groups excluding carboxylic acids is 1. The number of ether oxygens (including phenoxy) is 2. The van der Waals surface area contributed by atoms with Crippen LogP contribution in [0, 0.1) is 5.82 Å². The van der Waals surface area contributed by atoms with Gasteiger partial charge in [0.15, 0.2) is 4.80 Å². The Morgan fingerprint density at radius 2 is 2.00 bits per heavy atom. The monoisotopic (exact) mass is 530 g/mol. The number of benzene rings is 2. The van der Waals surface area contributed by atoms with Crippen molar-refractivity contribution < 1.29 is 18.7 Å². The van der Waals surface area contributed by atoms with Crippen LogP contribution >= 0.6 is 27.3 Å². The first-order chi connectivity index (χ1) is 15.8. The van der Waals surface area contributed by atoms with E-state index in [0.717, 1.165) is 10.0 Å². The van der Waals surface area contributed by atoms with Gasteiger partial charge in [0.05, 0.1) is 35.6 Å². The number of nitrogens with zero attached hydrogens (tertiary/aromatic N) is 2. The Labute approximate surface area is 201 Å². The molecule has 0 amide bonds. The zero-order valence-electron chi connectivity index (χ0n) is 18.1. The molecule has 33 heavy (non-hydrogen) atoms. The summed E-state index contributed by atoms with van der Waals surface area (Å²) in [4.78, 5) is 31.4. The van der Waals surface area contributed by atoms with Crippen molar-refractivity contribution in [2.75, 3.05) is 13.7 Å². The lowest BCUT2D eigenvalue weighted by Gasteiger charge is -2.24. The van der Waals surface area contributed by atoms with Crippen LogP contribution in [0.4, 0.5) is 4.39 Å². The van der Waals surface area contributed by atoms with Gasteiger partial charge in [0.1, 0.15) is 11.6 Å². The maximum atomic E-state index is 13.6. The first-order valence-electron chi connectivity index (χ1n) is 10.1. The molecule has 0 saturated heterocycles. The fraction of sp³-hybridized carbons (Fsp3) is 0.208. The van der Waals surface area contributed by atoms with Crippen LogP contribution in [-0.4, -0.2) is 24.3 Å². The van der Waals surface area contributed by atoms with Gasteiger partial charge >= 0.3 is 5.97 Å². The van der Waals surface area contributed by atoms with E-state index in [0.29, 0.717) is 26.3 Å². The zero-order valence-corrected chi connectivity index (χ0v) is 20.5. The van der Waals surface area contributed by atoms with Gasteiger partial charge in [-0.05, 0) is 55.8 Å². The Morgan fingerprint density at radius 1 is 1.27 bits per heavy atom.